The quantitative estimate of drug-likeness (QED) is 0.630. The summed E-state index contributed by atoms with van der Waals surface area (Å²) in [7, 11) is 0. The minimum absolute atomic E-state index is 0.118. The SMILES string of the molecule is CC1CN(CCF)CC(C)(C)O1. The van der Waals surface area contributed by atoms with Crippen molar-refractivity contribution in [1.82, 2.24) is 4.90 Å². The Labute approximate surface area is 73.7 Å². The normalized spacial score (nSPS) is 30.5. The van der Waals surface area contributed by atoms with E-state index in [0.717, 1.165) is 13.1 Å². The Morgan fingerprint density at radius 1 is 1.58 bits per heavy atom. The number of nitrogens with zero attached hydrogens (tertiary/aromatic N) is 1. The molecule has 1 saturated heterocycles. The van der Waals surface area contributed by atoms with Crippen molar-refractivity contribution in [3.8, 4) is 0 Å². The molecular formula is C9H18FNO. The largest absolute Gasteiger partial charge is 0.370 e. The van der Waals surface area contributed by atoms with Crippen LogP contribution in [-0.4, -0.2) is 42.9 Å². The highest BCUT2D eigenvalue weighted by Crippen LogP contribution is 2.20. The van der Waals surface area contributed by atoms with Gasteiger partial charge in [-0.25, -0.2) is 4.39 Å². The third kappa shape index (κ3) is 2.72. The molecule has 1 fully saturated rings. The first-order chi connectivity index (χ1) is 5.53. The minimum atomic E-state index is -0.261. The van der Waals surface area contributed by atoms with Crippen LogP contribution < -0.4 is 0 Å². The van der Waals surface area contributed by atoms with Crippen LogP contribution in [0.5, 0.6) is 0 Å². The number of alkyl halides is 1. The molecule has 1 aliphatic rings. The van der Waals surface area contributed by atoms with Crippen LogP contribution in [0.2, 0.25) is 0 Å². The topological polar surface area (TPSA) is 12.5 Å². The number of halogens is 1. The molecule has 0 bridgehead atoms. The number of hydrogen-bond acceptors (Lipinski definition) is 2. The van der Waals surface area contributed by atoms with Crippen molar-refractivity contribution in [2.24, 2.45) is 0 Å². The number of rotatable bonds is 2. The fourth-order valence-electron chi connectivity index (χ4n) is 1.88. The van der Waals surface area contributed by atoms with Gasteiger partial charge in [0.25, 0.3) is 0 Å². The first kappa shape index (κ1) is 9.93. The van der Waals surface area contributed by atoms with Gasteiger partial charge < -0.3 is 4.74 Å². The molecule has 1 rings (SSSR count). The van der Waals surface area contributed by atoms with Gasteiger partial charge in [0, 0.05) is 19.6 Å². The van der Waals surface area contributed by atoms with Crippen LogP contribution in [0.4, 0.5) is 4.39 Å². The van der Waals surface area contributed by atoms with E-state index in [2.05, 4.69) is 4.90 Å². The summed E-state index contributed by atoms with van der Waals surface area (Å²) in [4.78, 5) is 2.12. The Kier molecular flexibility index (Phi) is 3.07. The zero-order valence-electron chi connectivity index (χ0n) is 8.14. The van der Waals surface area contributed by atoms with Crippen molar-refractivity contribution in [1.29, 1.82) is 0 Å². The van der Waals surface area contributed by atoms with Crippen LogP contribution in [0.25, 0.3) is 0 Å². The molecule has 0 aromatic rings. The maximum Gasteiger partial charge on any atom is 0.102 e. The van der Waals surface area contributed by atoms with Crippen molar-refractivity contribution >= 4 is 0 Å². The maximum absolute atomic E-state index is 12.1. The number of ether oxygens (including phenoxy) is 1. The molecule has 1 atom stereocenters. The van der Waals surface area contributed by atoms with E-state index in [9.17, 15) is 4.39 Å². The Hall–Kier alpha value is -0.150. The van der Waals surface area contributed by atoms with Gasteiger partial charge in [0.1, 0.15) is 6.67 Å². The first-order valence-electron chi connectivity index (χ1n) is 4.49. The molecule has 3 heteroatoms. The Bertz CT molecular complexity index is 149. The molecule has 72 valence electrons. The lowest BCUT2D eigenvalue weighted by molar-refractivity contribution is -0.129. The van der Waals surface area contributed by atoms with Crippen LogP contribution in [0.15, 0.2) is 0 Å². The average molecular weight is 175 g/mol. The zero-order valence-corrected chi connectivity index (χ0v) is 8.14. The first-order valence-corrected chi connectivity index (χ1v) is 4.49. The summed E-state index contributed by atoms with van der Waals surface area (Å²) in [6, 6.07) is 0. The molecule has 0 spiro atoms. The molecule has 0 aromatic heterocycles. The monoisotopic (exact) mass is 175 g/mol. The molecule has 12 heavy (non-hydrogen) atoms. The molecule has 0 N–H and O–H groups in total. The van der Waals surface area contributed by atoms with E-state index < -0.39 is 0 Å². The molecule has 2 nitrogen and oxygen atoms in total. The summed E-state index contributed by atoms with van der Waals surface area (Å²) in [5, 5.41) is 0. The summed E-state index contributed by atoms with van der Waals surface area (Å²) in [5.41, 5.74) is -0.118. The molecule has 0 radical (unpaired) electrons. The van der Waals surface area contributed by atoms with Gasteiger partial charge >= 0.3 is 0 Å². The van der Waals surface area contributed by atoms with Crippen LogP contribution in [0.3, 0.4) is 0 Å². The van der Waals surface area contributed by atoms with Gasteiger partial charge in [-0.1, -0.05) is 0 Å². The van der Waals surface area contributed by atoms with Gasteiger partial charge in [0.2, 0.25) is 0 Å². The van der Waals surface area contributed by atoms with Crippen LogP contribution in [-0.2, 0) is 4.74 Å². The Balaban J connectivity index is 2.46. The van der Waals surface area contributed by atoms with Crippen molar-refractivity contribution in [3.05, 3.63) is 0 Å². The fourth-order valence-corrected chi connectivity index (χ4v) is 1.88. The summed E-state index contributed by atoms with van der Waals surface area (Å²) in [6.07, 6.45) is 0.222. The third-order valence-electron chi connectivity index (χ3n) is 2.04. The number of hydrogen-bond donors (Lipinski definition) is 0. The molecule has 1 unspecified atom stereocenters. The summed E-state index contributed by atoms with van der Waals surface area (Å²) in [6.45, 7) is 8.10. The van der Waals surface area contributed by atoms with E-state index in [0.29, 0.717) is 6.54 Å². The molecule has 1 heterocycles. The summed E-state index contributed by atoms with van der Waals surface area (Å²) >= 11 is 0. The predicted molar refractivity (Wildman–Crippen MR) is 47.0 cm³/mol. The molecule has 0 saturated carbocycles. The van der Waals surface area contributed by atoms with Crippen LogP contribution >= 0.6 is 0 Å². The van der Waals surface area contributed by atoms with Gasteiger partial charge in [-0.3, -0.25) is 4.90 Å². The van der Waals surface area contributed by atoms with E-state index >= 15 is 0 Å². The molecular weight excluding hydrogens is 157 g/mol. The van der Waals surface area contributed by atoms with Gasteiger partial charge in [0.15, 0.2) is 0 Å². The van der Waals surface area contributed by atoms with Crippen LogP contribution in [0.1, 0.15) is 20.8 Å². The van der Waals surface area contributed by atoms with E-state index in [1.54, 1.807) is 0 Å². The Morgan fingerprint density at radius 3 is 2.75 bits per heavy atom. The second kappa shape index (κ2) is 3.71. The highest BCUT2D eigenvalue weighted by atomic mass is 19.1. The standard InChI is InChI=1S/C9H18FNO/c1-8-6-11(5-4-10)7-9(2,3)12-8/h8H,4-7H2,1-3H3. The highest BCUT2D eigenvalue weighted by Gasteiger charge is 2.30. The van der Waals surface area contributed by atoms with E-state index in [1.165, 1.54) is 0 Å². The smallest absolute Gasteiger partial charge is 0.102 e. The van der Waals surface area contributed by atoms with E-state index in [-0.39, 0.29) is 18.4 Å². The van der Waals surface area contributed by atoms with Gasteiger partial charge in [-0.05, 0) is 20.8 Å². The average Bonchev–Trinajstić information content (AvgIpc) is 1.82. The van der Waals surface area contributed by atoms with E-state index in [1.807, 2.05) is 20.8 Å². The second-order valence-corrected chi connectivity index (χ2v) is 4.11. The molecule has 0 aromatic carbocycles. The summed E-state index contributed by atoms with van der Waals surface area (Å²) < 4.78 is 17.8. The summed E-state index contributed by atoms with van der Waals surface area (Å²) in [5.74, 6) is 0. The highest BCUT2D eigenvalue weighted by molar-refractivity contribution is 4.82. The zero-order chi connectivity index (χ0) is 9.19. The lowest BCUT2D eigenvalue weighted by Gasteiger charge is -2.41. The molecule has 1 aliphatic heterocycles. The van der Waals surface area contributed by atoms with Gasteiger partial charge in [-0.2, -0.15) is 0 Å². The maximum atomic E-state index is 12.1. The van der Waals surface area contributed by atoms with Crippen molar-refractivity contribution < 1.29 is 9.13 Å². The lowest BCUT2D eigenvalue weighted by atomic mass is 10.1. The second-order valence-electron chi connectivity index (χ2n) is 4.11. The van der Waals surface area contributed by atoms with Crippen molar-refractivity contribution in [2.45, 2.75) is 32.5 Å². The number of morpholine rings is 1. The Morgan fingerprint density at radius 2 is 2.25 bits per heavy atom. The molecule has 0 amide bonds. The molecule has 0 aliphatic carbocycles. The minimum Gasteiger partial charge on any atom is -0.370 e. The van der Waals surface area contributed by atoms with Crippen molar-refractivity contribution in [2.75, 3.05) is 26.3 Å². The lowest BCUT2D eigenvalue weighted by Crippen LogP contribution is -2.52. The van der Waals surface area contributed by atoms with Gasteiger partial charge in [0.05, 0.1) is 11.7 Å². The van der Waals surface area contributed by atoms with E-state index in [4.69, 9.17) is 4.74 Å². The van der Waals surface area contributed by atoms with Gasteiger partial charge in [-0.15, -0.1) is 0 Å². The van der Waals surface area contributed by atoms with Crippen molar-refractivity contribution in [3.63, 3.8) is 0 Å². The predicted octanol–water partition coefficient (Wildman–Crippen LogP) is 1.46. The third-order valence-corrected chi connectivity index (χ3v) is 2.04. The van der Waals surface area contributed by atoms with Crippen LogP contribution in [0, 0.1) is 0 Å². The fraction of sp³-hybridized carbons (Fsp3) is 1.00.